The van der Waals surface area contributed by atoms with Crippen LogP contribution in [-0.4, -0.2) is 49.3 Å². The number of esters is 2. The third-order valence-electron chi connectivity index (χ3n) is 5.49. The van der Waals surface area contributed by atoms with Crippen molar-refractivity contribution < 1.29 is 37.6 Å². The number of phosphoric ester groups is 1. The van der Waals surface area contributed by atoms with Gasteiger partial charge in [0.2, 0.25) is 0 Å². The smallest absolute Gasteiger partial charge is 0.462 e. The number of phosphoric acid groups is 1. The molecule has 0 fully saturated rings. The SMILES string of the molecule is CCCCCCCCCCCCCCC(=O)O[C@H](COC(=O)CCCC)COP(=O)(O)OCCN. The number of hydrogen-bond donors (Lipinski definition) is 2. The summed E-state index contributed by atoms with van der Waals surface area (Å²) in [6.45, 7) is 3.42. The minimum Gasteiger partial charge on any atom is -0.462 e. The third kappa shape index (κ3) is 23.2. The first-order chi connectivity index (χ1) is 16.8. The monoisotopic (exact) mass is 523 g/mol. The van der Waals surface area contributed by atoms with Crippen molar-refractivity contribution in [2.75, 3.05) is 26.4 Å². The molecule has 9 nitrogen and oxygen atoms in total. The summed E-state index contributed by atoms with van der Waals surface area (Å²) < 4.78 is 31.9. The normalized spacial score (nSPS) is 13.8. The van der Waals surface area contributed by atoms with Crippen LogP contribution in [0.5, 0.6) is 0 Å². The van der Waals surface area contributed by atoms with Crippen LogP contribution in [0.25, 0.3) is 0 Å². The minimum absolute atomic E-state index is 0.0560. The van der Waals surface area contributed by atoms with Gasteiger partial charge in [-0.3, -0.25) is 18.6 Å². The van der Waals surface area contributed by atoms with E-state index in [1.807, 2.05) is 6.92 Å². The quantitative estimate of drug-likeness (QED) is 0.0862. The van der Waals surface area contributed by atoms with Gasteiger partial charge in [0.1, 0.15) is 6.61 Å². The summed E-state index contributed by atoms with van der Waals surface area (Å²) in [6, 6.07) is 0. The van der Waals surface area contributed by atoms with Crippen molar-refractivity contribution in [3.8, 4) is 0 Å². The molecule has 0 aromatic rings. The fourth-order valence-electron chi connectivity index (χ4n) is 3.43. The molecule has 3 N–H and O–H groups in total. The molecule has 35 heavy (non-hydrogen) atoms. The maximum atomic E-state index is 12.3. The molecular formula is C25H50NO8P. The highest BCUT2D eigenvalue weighted by Crippen LogP contribution is 2.43. The van der Waals surface area contributed by atoms with Gasteiger partial charge in [0, 0.05) is 19.4 Å². The van der Waals surface area contributed by atoms with Crippen molar-refractivity contribution >= 4 is 19.8 Å². The first-order valence-electron chi connectivity index (χ1n) is 13.5. The van der Waals surface area contributed by atoms with Gasteiger partial charge in [-0.25, -0.2) is 4.57 Å². The van der Waals surface area contributed by atoms with Gasteiger partial charge in [-0.15, -0.1) is 0 Å². The molecule has 0 spiro atoms. The number of ether oxygens (including phenoxy) is 2. The van der Waals surface area contributed by atoms with Gasteiger partial charge in [-0.2, -0.15) is 0 Å². The Balaban J connectivity index is 4.19. The van der Waals surface area contributed by atoms with E-state index in [0.717, 1.165) is 19.3 Å². The van der Waals surface area contributed by atoms with E-state index >= 15 is 0 Å². The van der Waals surface area contributed by atoms with Crippen molar-refractivity contribution in [1.29, 1.82) is 0 Å². The minimum atomic E-state index is -4.33. The molecule has 0 aliphatic rings. The van der Waals surface area contributed by atoms with Crippen LogP contribution in [0, 0.1) is 0 Å². The highest BCUT2D eigenvalue weighted by Gasteiger charge is 2.25. The van der Waals surface area contributed by atoms with Crippen LogP contribution in [0.2, 0.25) is 0 Å². The van der Waals surface area contributed by atoms with Crippen molar-refractivity contribution in [3.05, 3.63) is 0 Å². The van der Waals surface area contributed by atoms with Crippen LogP contribution < -0.4 is 5.73 Å². The first kappa shape index (κ1) is 34.0. The Hall–Kier alpha value is -0.990. The Labute approximate surface area is 212 Å². The Morgan fingerprint density at radius 3 is 1.80 bits per heavy atom. The molecular weight excluding hydrogens is 473 g/mol. The lowest BCUT2D eigenvalue weighted by atomic mass is 10.0. The van der Waals surface area contributed by atoms with Crippen LogP contribution in [-0.2, 0) is 32.7 Å². The predicted octanol–water partition coefficient (Wildman–Crippen LogP) is 5.82. The summed E-state index contributed by atoms with van der Waals surface area (Å²) in [4.78, 5) is 33.7. The molecule has 0 bridgehead atoms. The van der Waals surface area contributed by atoms with Gasteiger partial charge in [0.05, 0.1) is 13.2 Å². The van der Waals surface area contributed by atoms with E-state index in [4.69, 9.17) is 19.7 Å². The molecule has 1 unspecified atom stereocenters. The number of carbonyl (C=O) groups excluding carboxylic acids is 2. The van der Waals surface area contributed by atoms with E-state index in [1.165, 1.54) is 57.8 Å². The highest BCUT2D eigenvalue weighted by molar-refractivity contribution is 7.47. The second-order valence-corrected chi connectivity index (χ2v) is 10.4. The summed E-state index contributed by atoms with van der Waals surface area (Å²) in [5.41, 5.74) is 5.26. The standard InChI is InChI=1S/C25H50NO8P/c1-3-5-7-8-9-10-11-12-13-14-15-16-18-25(28)34-23(21-31-24(27)17-6-4-2)22-33-35(29,30)32-20-19-26/h23H,3-22,26H2,1-2H3,(H,29,30)/t23-/m1/s1. The molecule has 208 valence electrons. The zero-order valence-corrected chi connectivity index (χ0v) is 22.9. The maximum absolute atomic E-state index is 12.3. The lowest BCUT2D eigenvalue weighted by Crippen LogP contribution is -2.29. The molecule has 0 aliphatic heterocycles. The fourth-order valence-corrected chi connectivity index (χ4v) is 4.20. The van der Waals surface area contributed by atoms with Gasteiger partial charge < -0.3 is 20.1 Å². The maximum Gasteiger partial charge on any atom is 0.472 e. The van der Waals surface area contributed by atoms with Crippen molar-refractivity contribution in [2.24, 2.45) is 5.73 Å². The van der Waals surface area contributed by atoms with Crippen LogP contribution in [0.1, 0.15) is 117 Å². The topological polar surface area (TPSA) is 134 Å². The van der Waals surface area contributed by atoms with Crippen LogP contribution in [0.3, 0.4) is 0 Å². The Bertz CT molecular complexity index is 576. The number of hydrogen-bond acceptors (Lipinski definition) is 8. The number of nitrogens with two attached hydrogens (primary N) is 1. The van der Waals surface area contributed by atoms with Crippen molar-refractivity contribution in [2.45, 2.75) is 123 Å². The summed E-state index contributed by atoms with van der Waals surface area (Å²) in [7, 11) is -4.33. The molecule has 0 aromatic carbocycles. The molecule has 0 rings (SSSR count). The van der Waals surface area contributed by atoms with Crippen molar-refractivity contribution in [3.63, 3.8) is 0 Å². The predicted molar refractivity (Wildman–Crippen MR) is 137 cm³/mol. The van der Waals surface area contributed by atoms with Gasteiger partial charge in [0.25, 0.3) is 0 Å². The van der Waals surface area contributed by atoms with Crippen molar-refractivity contribution in [1.82, 2.24) is 0 Å². The molecule has 0 saturated heterocycles. The molecule has 2 atom stereocenters. The number of unbranched alkanes of at least 4 members (excludes halogenated alkanes) is 12. The average Bonchev–Trinajstić information content (AvgIpc) is 2.83. The molecule has 0 amide bonds. The van der Waals surface area contributed by atoms with Gasteiger partial charge >= 0.3 is 19.8 Å². The first-order valence-corrected chi connectivity index (χ1v) is 15.0. The van der Waals surface area contributed by atoms with Gasteiger partial charge in [0.15, 0.2) is 6.10 Å². The summed E-state index contributed by atoms with van der Waals surface area (Å²) in [5, 5.41) is 0. The number of rotatable bonds is 25. The molecule has 0 heterocycles. The second kappa shape index (κ2) is 23.4. The summed E-state index contributed by atoms with van der Waals surface area (Å²) in [6.07, 6.45) is 15.4. The Morgan fingerprint density at radius 2 is 1.26 bits per heavy atom. The molecule has 10 heteroatoms. The van der Waals surface area contributed by atoms with Gasteiger partial charge in [-0.1, -0.05) is 90.9 Å². The number of carbonyl (C=O) groups is 2. The van der Waals surface area contributed by atoms with Crippen LogP contribution in [0.15, 0.2) is 0 Å². The average molecular weight is 524 g/mol. The summed E-state index contributed by atoms with van der Waals surface area (Å²) >= 11 is 0. The van der Waals surface area contributed by atoms with E-state index in [0.29, 0.717) is 12.8 Å². The van der Waals surface area contributed by atoms with E-state index in [1.54, 1.807) is 0 Å². The highest BCUT2D eigenvalue weighted by atomic mass is 31.2. The molecule has 0 radical (unpaired) electrons. The van der Waals surface area contributed by atoms with E-state index in [-0.39, 0.29) is 32.6 Å². The zero-order valence-electron chi connectivity index (χ0n) is 22.0. The van der Waals surface area contributed by atoms with Crippen LogP contribution >= 0.6 is 7.82 Å². The zero-order chi connectivity index (χ0) is 26.2. The van der Waals surface area contributed by atoms with Gasteiger partial charge in [-0.05, 0) is 12.8 Å². The largest absolute Gasteiger partial charge is 0.472 e. The lowest BCUT2D eigenvalue weighted by Gasteiger charge is -2.19. The van der Waals surface area contributed by atoms with E-state index < -0.39 is 32.5 Å². The van der Waals surface area contributed by atoms with E-state index in [9.17, 15) is 19.0 Å². The van der Waals surface area contributed by atoms with E-state index in [2.05, 4.69) is 11.4 Å². The third-order valence-corrected chi connectivity index (χ3v) is 6.48. The lowest BCUT2D eigenvalue weighted by molar-refractivity contribution is -0.161. The molecule has 0 saturated carbocycles. The van der Waals surface area contributed by atoms with Crippen LogP contribution in [0.4, 0.5) is 0 Å². The Kier molecular flexibility index (Phi) is 22.7. The molecule has 0 aromatic heterocycles. The second-order valence-electron chi connectivity index (χ2n) is 8.92. The summed E-state index contributed by atoms with van der Waals surface area (Å²) in [5.74, 6) is -0.869. The fraction of sp³-hybridized carbons (Fsp3) is 0.920. The molecule has 0 aliphatic carbocycles. The Morgan fingerprint density at radius 1 is 0.743 bits per heavy atom.